The maximum absolute atomic E-state index is 6.60. The Morgan fingerprint density at radius 3 is 1.85 bits per heavy atom. The molecule has 1 aromatic heterocycles. The number of furan rings is 1. The van der Waals surface area contributed by atoms with Crippen LogP contribution < -0.4 is 4.90 Å². The lowest BCUT2D eigenvalue weighted by Gasteiger charge is -2.36. The first-order valence-corrected chi connectivity index (χ1v) is 20.5. The molecule has 2 unspecified atom stereocenters. The fourth-order valence-corrected chi connectivity index (χ4v) is 9.29. The van der Waals surface area contributed by atoms with E-state index in [4.69, 9.17) is 4.42 Å². The molecule has 2 aliphatic rings. The molecule has 0 fully saturated rings. The molecule has 280 valence electrons. The maximum Gasteiger partial charge on any atom is 0.143 e. The standard InChI is InChI=1S/C57H41NO/c1-57-37-9-8-22-53(57)48(21-12-38-57)43-27-25-39(26-28-43)40-29-33-44(34-30-40)58(45-35-31-42(32-36-45)47-18-10-14-41-13-2-3-15-46(41)47)54-23-6-4-16-49(54)51-19-11-20-52-50-17-5-7-24-55(50)59-56(51)52/h2-38,53H,1H3. The summed E-state index contributed by atoms with van der Waals surface area (Å²) in [4.78, 5) is 2.38. The van der Waals surface area contributed by atoms with Crippen LogP contribution in [0.5, 0.6) is 0 Å². The highest BCUT2D eigenvalue weighted by molar-refractivity contribution is 6.11. The third-order valence-electron chi connectivity index (χ3n) is 12.3. The molecule has 11 rings (SSSR count). The topological polar surface area (TPSA) is 16.4 Å². The van der Waals surface area contributed by atoms with Crippen LogP contribution in [0, 0.1) is 11.3 Å². The first-order valence-electron chi connectivity index (χ1n) is 20.5. The van der Waals surface area contributed by atoms with Gasteiger partial charge in [0.05, 0.1) is 5.69 Å². The van der Waals surface area contributed by atoms with Crippen molar-refractivity contribution < 1.29 is 4.42 Å². The molecule has 0 aliphatic heterocycles. The highest BCUT2D eigenvalue weighted by atomic mass is 16.3. The summed E-state index contributed by atoms with van der Waals surface area (Å²) in [6, 6.07) is 65.7. The lowest BCUT2D eigenvalue weighted by Crippen LogP contribution is -2.26. The van der Waals surface area contributed by atoms with Crippen molar-refractivity contribution in [2.45, 2.75) is 6.92 Å². The molecule has 0 radical (unpaired) electrons. The smallest absolute Gasteiger partial charge is 0.143 e. The summed E-state index contributed by atoms with van der Waals surface area (Å²) >= 11 is 0. The number of anilines is 3. The third kappa shape index (κ3) is 6.04. The summed E-state index contributed by atoms with van der Waals surface area (Å²) in [5.41, 5.74) is 14.6. The monoisotopic (exact) mass is 755 g/mol. The number of fused-ring (bicyclic) bond motifs is 5. The van der Waals surface area contributed by atoms with Crippen LogP contribution in [0.15, 0.2) is 229 Å². The van der Waals surface area contributed by atoms with Crippen molar-refractivity contribution in [1.82, 2.24) is 0 Å². The average Bonchev–Trinajstić information content (AvgIpc) is 3.68. The zero-order valence-electron chi connectivity index (χ0n) is 32.8. The Kier molecular flexibility index (Phi) is 8.37. The van der Waals surface area contributed by atoms with Crippen molar-refractivity contribution in [2.24, 2.45) is 11.3 Å². The van der Waals surface area contributed by atoms with Gasteiger partial charge in [0.1, 0.15) is 11.2 Å². The van der Waals surface area contributed by atoms with Gasteiger partial charge in [-0.15, -0.1) is 0 Å². The van der Waals surface area contributed by atoms with Gasteiger partial charge >= 0.3 is 0 Å². The molecule has 0 saturated carbocycles. The largest absolute Gasteiger partial charge is 0.455 e. The van der Waals surface area contributed by atoms with Gasteiger partial charge in [0.15, 0.2) is 0 Å². The van der Waals surface area contributed by atoms with E-state index in [1.807, 2.05) is 6.07 Å². The first-order chi connectivity index (χ1) is 29.1. The van der Waals surface area contributed by atoms with Crippen molar-refractivity contribution >= 4 is 55.3 Å². The van der Waals surface area contributed by atoms with Gasteiger partial charge in [0.25, 0.3) is 0 Å². The van der Waals surface area contributed by atoms with Crippen molar-refractivity contribution in [1.29, 1.82) is 0 Å². The molecule has 2 nitrogen and oxygen atoms in total. The Labute approximate surface area is 345 Å². The number of nitrogens with zero attached hydrogens (tertiary/aromatic N) is 1. The molecule has 2 atom stereocenters. The molecular formula is C57H41NO. The SMILES string of the molecule is CC12C=CC=CC1C(c1ccc(-c3ccc(N(c4ccc(-c5cccc6ccccc56)cc4)c4ccccc4-c4cccc5c4oc4ccccc45)cc3)cc1)=CC=C2. The molecule has 1 heterocycles. The van der Waals surface area contributed by atoms with Gasteiger partial charge in [-0.05, 0) is 80.6 Å². The highest BCUT2D eigenvalue weighted by Crippen LogP contribution is 2.47. The second kappa shape index (κ2) is 14.2. The summed E-state index contributed by atoms with van der Waals surface area (Å²) in [5, 5.41) is 4.73. The molecule has 2 aliphatic carbocycles. The Bertz CT molecular complexity index is 3150. The van der Waals surface area contributed by atoms with E-state index in [-0.39, 0.29) is 5.41 Å². The number of hydrogen-bond donors (Lipinski definition) is 0. The molecule has 59 heavy (non-hydrogen) atoms. The molecule has 0 amide bonds. The zero-order chi connectivity index (χ0) is 39.3. The van der Waals surface area contributed by atoms with Crippen molar-refractivity contribution in [3.63, 3.8) is 0 Å². The molecule has 2 heteroatoms. The van der Waals surface area contributed by atoms with E-state index in [1.165, 1.54) is 44.2 Å². The number of rotatable bonds is 7. The second-order valence-electron chi connectivity index (χ2n) is 15.9. The summed E-state index contributed by atoms with van der Waals surface area (Å²) in [7, 11) is 0. The predicted octanol–water partition coefficient (Wildman–Crippen LogP) is 15.9. The molecule has 0 N–H and O–H groups in total. The van der Waals surface area contributed by atoms with Crippen LogP contribution in [-0.2, 0) is 0 Å². The normalized spacial score (nSPS) is 17.0. The molecule has 9 aromatic rings. The Balaban J connectivity index is 0.997. The van der Waals surface area contributed by atoms with Crippen LogP contribution in [0.25, 0.3) is 71.7 Å². The molecule has 0 spiro atoms. The van der Waals surface area contributed by atoms with Crippen molar-refractivity contribution in [3.8, 4) is 33.4 Å². The zero-order valence-corrected chi connectivity index (χ0v) is 32.8. The average molecular weight is 756 g/mol. The molecule has 0 bridgehead atoms. The Morgan fingerprint density at radius 2 is 1.03 bits per heavy atom. The van der Waals surface area contributed by atoms with E-state index in [9.17, 15) is 0 Å². The highest BCUT2D eigenvalue weighted by Gasteiger charge is 2.33. The number of para-hydroxylation sites is 3. The van der Waals surface area contributed by atoms with Crippen LogP contribution in [0.3, 0.4) is 0 Å². The van der Waals surface area contributed by atoms with E-state index in [2.05, 4.69) is 230 Å². The predicted molar refractivity (Wildman–Crippen MR) is 249 cm³/mol. The fraction of sp³-hybridized carbons (Fsp3) is 0.0526. The summed E-state index contributed by atoms with van der Waals surface area (Å²) in [6.07, 6.45) is 15.8. The molecule has 8 aromatic carbocycles. The van der Waals surface area contributed by atoms with Gasteiger partial charge < -0.3 is 9.32 Å². The molecule has 0 saturated heterocycles. The Morgan fingerprint density at radius 1 is 0.458 bits per heavy atom. The lowest BCUT2D eigenvalue weighted by molar-refractivity contribution is 0.464. The minimum absolute atomic E-state index is 0.00660. The van der Waals surface area contributed by atoms with E-state index in [0.29, 0.717) is 5.92 Å². The van der Waals surface area contributed by atoms with Gasteiger partial charge in [-0.25, -0.2) is 0 Å². The number of hydrogen-bond acceptors (Lipinski definition) is 2. The van der Waals surface area contributed by atoms with Gasteiger partial charge in [0.2, 0.25) is 0 Å². The van der Waals surface area contributed by atoms with E-state index < -0.39 is 0 Å². The number of benzene rings is 8. The maximum atomic E-state index is 6.60. The quantitative estimate of drug-likeness (QED) is 0.161. The van der Waals surface area contributed by atoms with Gasteiger partial charge in [-0.2, -0.15) is 0 Å². The van der Waals surface area contributed by atoms with E-state index in [1.54, 1.807) is 0 Å². The Hall–Kier alpha value is -7.42. The fourth-order valence-electron chi connectivity index (χ4n) is 9.29. The summed E-state index contributed by atoms with van der Waals surface area (Å²) in [5.74, 6) is 0.330. The summed E-state index contributed by atoms with van der Waals surface area (Å²) < 4.78 is 6.60. The van der Waals surface area contributed by atoms with Crippen molar-refractivity contribution in [3.05, 3.63) is 230 Å². The minimum atomic E-state index is 0.00660. The second-order valence-corrected chi connectivity index (χ2v) is 15.9. The van der Waals surface area contributed by atoms with Crippen LogP contribution in [0.1, 0.15) is 12.5 Å². The van der Waals surface area contributed by atoms with Gasteiger partial charge in [-0.3, -0.25) is 0 Å². The number of allylic oxidation sites excluding steroid dienone is 8. The third-order valence-corrected chi connectivity index (χ3v) is 12.3. The van der Waals surface area contributed by atoms with Crippen LogP contribution in [0.4, 0.5) is 17.1 Å². The summed E-state index contributed by atoms with van der Waals surface area (Å²) in [6.45, 7) is 2.32. The van der Waals surface area contributed by atoms with Gasteiger partial charge in [-0.1, -0.05) is 195 Å². The van der Waals surface area contributed by atoms with Crippen LogP contribution in [-0.4, -0.2) is 0 Å². The molecular weight excluding hydrogens is 715 g/mol. The first kappa shape index (κ1) is 34.8. The van der Waals surface area contributed by atoms with Gasteiger partial charge in [0, 0.05) is 44.6 Å². The van der Waals surface area contributed by atoms with E-state index in [0.717, 1.165) is 50.1 Å². The van der Waals surface area contributed by atoms with E-state index >= 15 is 0 Å². The van der Waals surface area contributed by atoms with Crippen LogP contribution >= 0.6 is 0 Å². The van der Waals surface area contributed by atoms with Crippen LogP contribution in [0.2, 0.25) is 0 Å². The van der Waals surface area contributed by atoms with Crippen molar-refractivity contribution in [2.75, 3.05) is 4.90 Å². The minimum Gasteiger partial charge on any atom is -0.455 e. The lowest BCUT2D eigenvalue weighted by atomic mass is 9.67.